The van der Waals surface area contributed by atoms with Crippen LogP contribution in [0.3, 0.4) is 0 Å². The van der Waals surface area contributed by atoms with Crippen molar-refractivity contribution in [1.82, 2.24) is 10.4 Å². The van der Waals surface area contributed by atoms with Crippen LogP contribution in [0.2, 0.25) is 0 Å². The number of pyridine rings is 1. The highest BCUT2D eigenvalue weighted by Crippen LogP contribution is 2.20. The van der Waals surface area contributed by atoms with Gasteiger partial charge in [0.1, 0.15) is 0 Å². The molecule has 0 fully saturated rings. The van der Waals surface area contributed by atoms with Crippen molar-refractivity contribution in [3.05, 3.63) is 42.1 Å². The molecule has 2 aromatic rings. The summed E-state index contributed by atoms with van der Waals surface area (Å²) in [5.41, 5.74) is 4.97. The third-order valence-electron chi connectivity index (χ3n) is 3.21. The molecule has 20 heavy (non-hydrogen) atoms. The number of hydrazine groups is 1. The number of nitrogens with two attached hydrogens (primary N) is 1. The number of nitrogens with one attached hydrogen (secondary N) is 1. The van der Waals surface area contributed by atoms with Crippen LogP contribution in [0.1, 0.15) is 18.0 Å². The fraction of sp³-hybridized carbons (Fsp3) is 0.400. The van der Waals surface area contributed by atoms with E-state index in [9.17, 15) is 0 Å². The van der Waals surface area contributed by atoms with Crippen LogP contribution in [0, 0.1) is 0 Å². The fourth-order valence-electron chi connectivity index (χ4n) is 2.10. The molecule has 3 N–H and O–H groups in total. The molecule has 5 heteroatoms. The Morgan fingerprint density at radius 3 is 2.95 bits per heavy atom. The first-order valence-electron chi connectivity index (χ1n) is 6.72. The van der Waals surface area contributed by atoms with Gasteiger partial charge in [0.2, 0.25) is 0 Å². The summed E-state index contributed by atoms with van der Waals surface area (Å²) in [6.45, 7) is 1.86. The van der Waals surface area contributed by atoms with Gasteiger partial charge in [-0.15, -0.1) is 0 Å². The van der Waals surface area contributed by atoms with Crippen LogP contribution in [0.5, 0.6) is 0 Å². The third-order valence-corrected chi connectivity index (χ3v) is 3.21. The average molecular weight is 275 g/mol. The van der Waals surface area contributed by atoms with E-state index in [4.69, 9.17) is 15.3 Å². The van der Waals surface area contributed by atoms with Gasteiger partial charge in [-0.25, -0.2) is 0 Å². The van der Waals surface area contributed by atoms with Gasteiger partial charge in [0.15, 0.2) is 0 Å². The number of nitrogens with zero attached hydrogens (tertiary/aromatic N) is 1. The second kappa shape index (κ2) is 7.91. The van der Waals surface area contributed by atoms with Gasteiger partial charge in [0, 0.05) is 31.3 Å². The van der Waals surface area contributed by atoms with Crippen LogP contribution >= 0.6 is 0 Å². The largest absolute Gasteiger partial charge is 0.382 e. The van der Waals surface area contributed by atoms with Crippen molar-refractivity contribution in [1.29, 1.82) is 0 Å². The van der Waals surface area contributed by atoms with Crippen molar-refractivity contribution < 1.29 is 9.47 Å². The molecule has 0 bridgehead atoms. The molecule has 0 spiro atoms. The number of hydrogen-bond acceptors (Lipinski definition) is 5. The van der Waals surface area contributed by atoms with Crippen LogP contribution in [0.25, 0.3) is 10.9 Å². The van der Waals surface area contributed by atoms with E-state index in [-0.39, 0.29) is 6.04 Å². The van der Waals surface area contributed by atoms with E-state index < -0.39 is 0 Å². The minimum absolute atomic E-state index is 0.0714. The Morgan fingerprint density at radius 2 is 2.15 bits per heavy atom. The van der Waals surface area contributed by atoms with Gasteiger partial charge in [-0.3, -0.25) is 16.3 Å². The zero-order valence-electron chi connectivity index (χ0n) is 11.7. The van der Waals surface area contributed by atoms with E-state index in [1.807, 2.05) is 12.1 Å². The standard InChI is InChI=1S/C15H21N3O2/c1-19-9-10-20-8-6-15(18-16)13-4-5-14-12(11-13)3-2-7-17-14/h2-5,7,11,15,18H,6,8-10,16H2,1H3. The van der Waals surface area contributed by atoms with Gasteiger partial charge in [-0.1, -0.05) is 12.1 Å². The monoisotopic (exact) mass is 275 g/mol. The molecular formula is C15H21N3O2. The zero-order chi connectivity index (χ0) is 14.2. The number of hydrogen-bond donors (Lipinski definition) is 2. The van der Waals surface area contributed by atoms with Crippen LogP contribution in [-0.2, 0) is 9.47 Å². The van der Waals surface area contributed by atoms with Crippen LogP contribution in [-0.4, -0.2) is 31.9 Å². The lowest BCUT2D eigenvalue weighted by atomic mass is 10.0. The molecule has 1 heterocycles. The molecule has 0 saturated heterocycles. The molecule has 1 unspecified atom stereocenters. The second-order valence-corrected chi connectivity index (χ2v) is 4.57. The van der Waals surface area contributed by atoms with Crippen molar-refractivity contribution in [2.45, 2.75) is 12.5 Å². The Balaban J connectivity index is 1.98. The van der Waals surface area contributed by atoms with E-state index in [1.54, 1.807) is 13.3 Å². The Labute approximate surface area is 119 Å². The highest BCUT2D eigenvalue weighted by Gasteiger charge is 2.10. The first-order chi connectivity index (χ1) is 9.85. The Hall–Kier alpha value is -1.53. The van der Waals surface area contributed by atoms with Crippen molar-refractivity contribution in [2.24, 2.45) is 5.84 Å². The zero-order valence-corrected chi connectivity index (χ0v) is 11.7. The number of fused-ring (bicyclic) bond motifs is 1. The maximum absolute atomic E-state index is 5.64. The van der Waals surface area contributed by atoms with Crippen LogP contribution < -0.4 is 11.3 Å². The normalized spacial score (nSPS) is 12.7. The summed E-state index contributed by atoms with van der Waals surface area (Å²) in [5.74, 6) is 5.64. The van der Waals surface area contributed by atoms with Gasteiger partial charge in [0.05, 0.1) is 18.7 Å². The lowest BCUT2D eigenvalue weighted by molar-refractivity contribution is 0.0658. The number of rotatable bonds is 8. The van der Waals surface area contributed by atoms with Crippen molar-refractivity contribution in [2.75, 3.05) is 26.9 Å². The van der Waals surface area contributed by atoms with Gasteiger partial charge < -0.3 is 9.47 Å². The van der Waals surface area contributed by atoms with Crippen molar-refractivity contribution in [3.8, 4) is 0 Å². The highest BCUT2D eigenvalue weighted by atomic mass is 16.5. The smallest absolute Gasteiger partial charge is 0.0702 e. The van der Waals surface area contributed by atoms with Crippen molar-refractivity contribution >= 4 is 10.9 Å². The molecule has 108 valence electrons. The number of methoxy groups -OCH3 is 1. The molecule has 0 saturated carbocycles. The predicted molar refractivity (Wildman–Crippen MR) is 79.1 cm³/mol. The Kier molecular flexibility index (Phi) is 5.88. The molecule has 1 aromatic carbocycles. The topological polar surface area (TPSA) is 69.4 Å². The van der Waals surface area contributed by atoms with E-state index in [2.05, 4.69) is 28.6 Å². The summed E-state index contributed by atoms with van der Waals surface area (Å²) in [5, 5.41) is 1.12. The molecule has 0 aliphatic carbocycles. The molecular weight excluding hydrogens is 254 g/mol. The minimum atomic E-state index is 0.0714. The summed E-state index contributed by atoms with van der Waals surface area (Å²) >= 11 is 0. The number of aromatic nitrogens is 1. The first-order valence-corrected chi connectivity index (χ1v) is 6.72. The van der Waals surface area contributed by atoms with Gasteiger partial charge in [0.25, 0.3) is 0 Å². The summed E-state index contributed by atoms with van der Waals surface area (Å²) in [7, 11) is 1.66. The van der Waals surface area contributed by atoms with Gasteiger partial charge >= 0.3 is 0 Å². The van der Waals surface area contributed by atoms with E-state index in [1.165, 1.54) is 0 Å². The van der Waals surface area contributed by atoms with E-state index >= 15 is 0 Å². The first kappa shape index (κ1) is 14.9. The summed E-state index contributed by atoms with van der Waals surface area (Å²) < 4.78 is 10.4. The molecule has 0 radical (unpaired) electrons. The average Bonchev–Trinajstić information content (AvgIpc) is 2.50. The quantitative estimate of drug-likeness (QED) is 0.437. The number of ether oxygens (including phenoxy) is 2. The Morgan fingerprint density at radius 1 is 1.25 bits per heavy atom. The van der Waals surface area contributed by atoms with Crippen LogP contribution in [0.4, 0.5) is 0 Å². The molecule has 1 aromatic heterocycles. The third kappa shape index (κ3) is 3.98. The maximum atomic E-state index is 5.64. The molecule has 0 aliphatic rings. The fourth-order valence-corrected chi connectivity index (χ4v) is 2.10. The van der Waals surface area contributed by atoms with E-state index in [0.29, 0.717) is 19.8 Å². The Bertz CT molecular complexity index is 533. The van der Waals surface area contributed by atoms with Crippen LogP contribution in [0.15, 0.2) is 36.5 Å². The van der Waals surface area contributed by atoms with Gasteiger partial charge in [-0.2, -0.15) is 0 Å². The summed E-state index contributed by atoms with van der Waals surface area (Å²) in [4.78, 5) is 4.31. The van der Waals surface area contributed by atoms with E-state index in [0.717, 1.165) is 22.9 Å². The molecule has 0 aliphatic heterocycles. The number of benzene rings is 1. The lowest BCUT2D eigenvalue weighted by Gasteiger charge is -2.17. The molecule has 2 rings (SSSR count). The predicted octanol–water partition coefficient (Wildman–Crippen LogP) is 1.79. The summed E-state index contributed by atoms with van der Waals surface area (Å²) in [6, 6.07) is 10.2. The second-order valence-electron chi connectivity index (χ2n) is 4.57. The van der Waals surface area contributed by atoms with Crippen molar-refractivity contribution in [3.63, 3.8) is 0 Å². The van der Waals surface area contributed by atoms with Gasteiger partial charge in [-0.05, 0) is 30.2 Å². The molecule has 0 amide bonds. The SMILES string of the molecule is COCCOCCC(NN)c1ccc2ncccc2c1. The highest BCUT2D eigenvalue weighted by molar-refractivity contribution is 5.79. The summed E-state index contributed by atoms with van der Waals surface area (Å²) in [6.07, 6.45) is 2.61. The maximum Gasteiger partial charge on any atom is 0.0702 e. The lowest BCUT2D eigenvalue weighted by Crippen LogP contribution is -2.29. The molecule has 5 nitrogen and oxygen atoms in total. The molecule has 1 atom stereocenters. The minimum Gasteiger partial charge on any atom is -0.382 e.